The number of carbonyl (C=O) groups excluding carboxylic acids is 3. The fourth-order valence-electron chi connectivity index (χ4n) is 3.27. The predicted molar refractivity (Wildman–Crippen MR) is 104 cm³/mol. The molecule has 154 valence electrons. The highest BCUT2D eigenvalue weighted by atomic mass is 16.5. The minimum atomic E-state index is -0.747. The third-order valence-corrected chi connectivity index (χ3v) is 5.06. The van der Waals surface area contributed by atoms with Gasteiger partial charge >= 0.3 is 12.1 Å². The van der Waals surface area contributed by atoms with Crippen molar-refractivity contribution in [1.82, 2.24) is 10.2 Å². The summed E-state index contributed by atoms with van der Waals surface area (Å²) in [5.74, 6) is -0.746. The summed E-state index contributed by atoms with van der Waals surface area (Å²) >= 11 is 0. The van der Waals surface area contributed by atoms with Crippen molar-refractivity contribution in [3.8, 4) is 0 Å². The van der Waals surface area contributed by atoms with Gasteiger partial charge in [-0.1, -0.05) is 50.6 Å². The number of hydrogen-bond acceptors (Lipinski definition) is 5. The van der Waals surface area contributed by atoms with Crippen LogP contribution in [0.4, 0.5) is 4.79 Å². The molecule has 1 aliphatic heterocycles. The van der Waals surface area contributed by atoms with E-state index in [4.69, 9.17) is 9.47 Å². The second-order valence-electron chi connectivity index (χ2n) is 7.01. The first-order valence-electron chi connectivity index (χ1n) is 9.92. The lowest BCUT2D eigenvalue weighted by molar-refractivity contribution is -0.153. The van der Waals surface area contributed by atoms with Crippen LogP contribution in [0.5, 0.6) is 0 Å². The molecule has 0 aliphatic carbocycles. The zero-order valence-electron chi connectivity index (χ0n) is 16.8. The molecule has 7 nitrogen and oxygen atoms in total. The molecule has 1 N–H and O–H groups in total. The summed E-state index contributed by atoms with van der Waals surface area (Å²) in [4.78, 5) is 39.1. The van der Waals surface area contributed by atoms with Crippen LogP contribution in [0, 0.1) is 5.92 Å². The Bertz CT molecular complexity index is 664. The summed E-state index contributed by atoms with van der Waals surface area (Å²) in [7, 11) is 0. The summed E-state index contributed by atoms with van der Waals surface area (Å²) in [6.45, 7) is 6.48. The number of benzene rings is 1. The van der Waals surface area contributed by atoms with Gasteiger partial charge in [-0.3, -0.25) is 4.79 Å². The molecule has 0 radical (unpaired) electrons. The minimum absolute atomic E-state index is 0.0970. The number of nitrogens with one attached hydrogen (secondary N) is 1. The molecule has 1 aromatic rings. The molecule has 0 saturated carbocycles. The van der Waals surface area contributed by atoms with Gasteiger partial charge in [-0.15, -0.1) is 0 Å². The Morgan fingerprint density at radius 1 is 1.18 bits per heavy atom. The third-order valence-electron chi connectivity index (χ3n) is 5.06. The second kappa shape index (κ2) is 10.7. The number of carbonyl (C=O) groups is 3. The van der Waals surface area contributed by atoms with E-state index in [-0.39, 0.29) is 31.0 Å². The van der Waals surface area contributed by atoms with Crippen LogP contribution in [0.2, 0.25) is 0 Å². The molecule has 2 amide bonds. The van der Waals surface area contributed by atoms with Gasteiger partial charge in [0.25, 0.3) is 0 Å². The Morgan fingerprint density at radius 2 is 1.89 bits per heavy atom. The van der Waals surface area contributed by atoms with Crippen molar-refractivity contribution in [2.45, 2.75) is 58.7 Å². The fraction of sp³-hybridized carbons (Fsp3) is 0.571. The molecule has 1 saturated heterocycles. The molecule has 1 heterocycles. The number of hydrogen-bond donors (Lipinski definition) is 1. The average molecular weight is 390 g/mol. The van der Waals surface area contributed by atoms with Crippen LogP contribution in [0.1, 0.15) is 45.6 Å². The highest BCUT2D eigenvalue weighted by Crippen LogP contribution is 2.22. The van der Waals surface area contributed by atoms with Gasteiger partial charge in [0.2, 0.25) is 5.91 Å². The molecule has 1 aliphatic rings. The second-order valence-corrected chi connectivity index (χ2v) is 7.01. The van der Waals surface area contributed by atoms with Crippen molar-refractivity contribution in [3.63, 3.8) is 0 Å². The summed E-state index contributed by atoms with van der Waals surface area (Å²) < 4.78 is 10.4. The van der Waals surface area contributed by atoms with Crippen LogP contribution in [-0.2, 0) is 25.7 Å². The van der Waals surface area contributed by atoms with Gasteiger partial charge < -0.3 is 19.7 Å². The lowest BCUT2D eigenvalue weighted by Crippen LogP contribution is -2.54. The smallest absolute Gasteiger partial charge is 0.408 e. The summed E-state index contributed by atoms with van der Waals surface area (Å²) in [6, 6.07) is 8.01. The number of ether oxygens (including phenoxy) is 2. The zero-order valence-corrected chi connectivity index (χ0v) is 16.8. The quantitative estimate of drug-likeness (QED) is 0.690. The molecule has 0 unspecified atom stereocenters. The molecule has 2 rings (SSSR count). The van der Waals surface area contributed by atoms with Gasteiger partial charge in [-0.2, -0.15) is 0 Å². The van der Waals surface area contributed by atoms with Crippen molar-refractivity contribution in [1.29, 1.82) is 0 Å². The van der Waals surface area contributed by atoms with E-state index in [1.807, 2.05) is 44.2 Å². The fourth-order valence-corrected chi connectivity index (χ4v) is 3.27. The van der Waals surface area contributed by atoms with E-state index in [0.717, 1.165) is 12.0 Å². The van der Waals surface area contributed by atoms with E-state index >= 15 is 0 Å². The molecule has 1 aromatic carbocycles. The average Bonchev–Trinajstić information content (AvgIpc) is 3.20. The van der Waals surface area contributed by atoms with E-state index in [2.05, 4.69) is 5.32 Å². The van der Waals surface area contributed by atoms with Crippen LogP contribution >= 0.6 is 0 Å². The summed E-state index contributed by atoms with van der Waals surface area (Å²) in [6.07, 6.45) is 1.37. The first-order valence-corrected chi connectivity index (χ1v) is 9.92. The molecule has 0 aromatic heterocycles. The standard InChI is InChI=1S/C21H30N2O5/c1-4-15(3)18(22-21(26)28-14-16-10-7-6-8-11-16)19(24)23-13-9-12-17(23)20(25)27-5-2/h6-8,10-11,15,17-18H,4-5,9,12-14H2,1-3H3,(H,22,26)/t15-,17-,18-/m0/s1. The highest BCUT2D eigenvalue weighted by molar-refractivity contribution is 5.90. The van der Waals surface area contributed by atoms with Gasteiger partial charge in [0.05, 0.1) is 6.61 Å². The molecule has 28 heavy (non-hydrogen) atoms. The van der Waals surface area contributed by atoms with Crippen molar-refractivity contribution in [3.05, 3.63) is 35.9 Å². The monoisotopic (exact) mass is 390 g/mol. The molecular formula is C21H30N2O5. The van der Waals surface area contributed by atoms with Crippen LogP contribution in [0.3, 0.4) is 0 Å². The number of nitrogens with zero attached hydrogens (tertiary/aromatic N) is 1. The molecule has 3 atom stereocenters. The van der Waals surface area contributed by atoms with Crippen molar-refractivity contribution in [2.24, 2.45) is 5.92 Å². The van der Waals surface area contributed by atoms with Gasteiger partial charge in [0.1, 0.15) is 18.7 Å². The Labute approximate surface area is 166 Å². The van der Waals surface area contributed by atoms with Crippen LogP contribution in [-0.4, -0.2) is 48.1 Å². The summed E-state index contributed by atoms with van der Waals surface area (Å²) in [5, 5.41) is 2.70. The molecule has 1 fully saturated rings. The first kappa shape index (κ1) is 21.7. The third kappa shape index (κ3) is 5.71. The first-order chi connectivity index (χ1) is 13.5. The van der Waals surface area contributed by atoms with E-state index in [1.54, 1.807) is 6.92 Å². The van der Waals surface area contributed by atoms with Crippen LogP contribution in [0.15, 0.2) is 30.3 Å². The normalized spacial score (nSPS) is 18.2. The van der Waals surface area contributed by atoms with Crippen LogP contribution < -0.4 is 5.32 Å². The zero-order chi connectivity index (χ0) is 20.5. The number of amides is 2. The predicted octanol–water partition coefficient (Wildman–Crippen LogP) is 2.88. The van der Waals surface area contributed by atoms with Crippen molar-refractivity contribution >= 4 is 18.0 Å². The van der Waals surface area contributed by atoms with Crippen molar-refractivity contribution in [2.75, 3.05) is 13.2 Å². The minimum Gasteiger partial charge on any atom is -0.464 e. The van der Waals surface area contributed by atoms with Crippen LogP contribution in [0.25, 0.3) is 0 Å². The van der Waals surface area contributed by atoms with Crippen molar-refractivity contribution < 1.29 is 23.9 Å². The molecule has 0 spiro atoms. The SMILES string of the molecule is CCOC(=O)[C@@H]1CCCN1C(=O)[C@@H](NC(=O)OCc1ccccc1)[C@@H](C)CC. The lowest BCUT2D eigenvalue weighted by atomic mass is 9.97. The molecule has 0 bridgehead atoms. The number of alkyl carbamates (subject to hydrolysis) is 1. The van der Waals surface area contributed by atoms with Gasteiger partial charge in [-0.05, 0) is 31.2 Å². The number of likely N-dealkylation sites (tertiary alicyclic amines) is 1. The van der Waals surface area contributed by atoms with E-state index in [0.29, 0.717) is 19.4 Å². The molecule has 7 heteroatoms. The van der Waals surface area contributed by atoms with Gasteiger partial charge in [-0.25, -0.2) is 9.59 Å². The Balaban J connectivity index is 2.02. The van der Waals surface area contributed by atoms with E-state index in [9.17, 15) is 14.4 Å². The largest absolute Gasteiger partial charge is 0.464 e. The van der Waals surface area contributed by atoms with E-state index < -0.39 is 18.2 Å². The Hall–Kier alpha value is -2.57. The maximum absolute atomic E-state index is 13.1. The number of rotatable bonds is 8. The van der Waals surface area contributed by atoms with Gasteiger partial charge in [0.15, 0.2) is 0 Å². The number of esters is 1. The van der Waals surface area contributed by atoms with E-state index in [1.165, 1.54) is 4.90 Å². The topological polar surface area (TPSA) is 84.9 Å². The Morgan fingerprint density at radius 3 is 2.54 bits per heavy atom. The summed E-state index contributed by atoms with van der Waals surface area (Å²) in [5.41, 5.74) is 0.867. The molecular weight excluding hydrogens is 360 g/mol. The highest BCUT2D eigenvalue weighted by Gasteiger charge is 2.40. The van der Waals surface area contributed by atoms with Gasteiger partial charge in [0, 0.05) is 6.54 Å². The maximum atomic E-state index is 13.1. The maximum Gasteiger partial charge on any atom is 0.408 e. The lowest BCUT2D eigenvalue weighted by Gasteiger charge is -2.30. The Kier molecular flexibility index (Phi) is 8.29.